The summed E-state index contributed by atoms with van der Waals surface area (Å²) in [5.41, 5.74) is -1.13. The number of hydrogen-bond acceptors (Lipinski definition) is 2. The molecule has 0 aromatic heterocycles. The topological polar surface area (TPSA) is 34.1 Å². The lowest BCUT2D eigenvalue weighted by Gasteiger charge is -2.26. The van der Waals surface area contributed by atoms with Crippen molar-refractivity contribution in [2.45, 2.75) is 39.5 Å². The maximum atomic E-state index is 11.8. The highest BCUT2D eigenvalue weighted by molar-refractivity contribution is 6.07. The molecule has 0 aliphatic carbocycles. The third-order valence-corrected chi connectivity index (χ3v) is 2.52. The average Bonchev–Trinajstić information content (AvgIpc) is 2.26. The first-order valence-corrected chi connectivity index (χ1v) is 5.02. The molecule has 0 amide bonds. The van der Waals surface area contributed by atoms with E-state index in [9.17, 15) is 9.59 Å². The lowest BCUT2D eigenvalue weighted by atomic mass is 9.72. The minimum Gasteiger partial charge on any atom is -0.299 e. The van der Waals surface area contributed by atoms with Gasteiger partial charge in [-0.3, -0.25) is 9.59 Å². The average molecular weight is 204 g/mol. The van der Waals surface area contributed by atoms with Gasteiger partial charge in [0.2, 0.25) is 0 Å². The fourth-order valence-corrected chi connectivity index (χ4v) is 1.64. The molecule has 0 saturated carbocycles. The van der Waals surface area contributed by atoms with Crippen LogP contribution in [0.5, 0.6) is 0 Å². The quantitative estimate of drug-likeness (QED) is 0.489. The van der Waals surface area contributed by atoms with Gasteiger partial charge in [0, 0.05) is 25.7 Å². The summed E-state index contributed by atoms with van der Waals surface area (Å²) < 4.78 is 0. The minimum atomic E-state index is -1.13. The summed E-state index contributed by atoms with van der Waals surface area (Å²) in [6.07, 6.45) is 11.2. The first-order chi connectivity index (χ1) is 7.08. The van der Waals surface area contributed by atoms with Gasteiger partial charge in [-0.05, 0) is 0 Å². The molecule has 2 nitrogen and oxygen atoms in total. The highest BCUT2D eigenvalue weighted by atomic mass is 16.2. The molecule has 0 N–H and O–H groups in total. The van der Waals surface area contributed by atoms with Crippen LogP contribution in [0.15, 0.2) is 0 Å². The molecule has 0 rings (SSSR count). The standard InChI is InChI=1S/C13H16O2/c1-5-9-13(10-6-2,11(14)7-3)12(15)8-4/h1-2H,7-10H2,3-4H3. The third kappa shape index (κ3) is 2.70. The Hall–Kier alpha value is -1.54. The van der Waals surface area contributed by atoms with Crippen molar-refractivity contribution in [2.24, 2.45) is 5.41 Å². The number of hydrogen-bond donors (Lipinski definition) is 0. The van der Waals surface area contributed by atoms with Gasteiger partial charge in [0.1, 0.15) is 17.0 Å². The molecule has 0 aromatic carbocycles. The Bertz CT molecular complexity index is 291. The Morgan fingerprint density at radius 1 is 1.00 bits per heavy atom. The molecule has 0 aliphatic heterocycles. The van der Waals surface area contributed by atoms with Gasteiger partial charge in [0.15, 0.2) is 0 Å². The van der Waals surface area contributed by atoms with Crippen molar-refractivity contribution in [3.63, 3.8) is 0 Å². The number of carbonyl (C=O) groups excluding carboxylic acids is 2. The van der Waals surface area contributed by atoms with Crippen molar-refractivity contribution in [3.05, 3.63) is 0 Å². The van der Waals surface area contributed by atoms with E-state index in [4.69, 9.17) is 12.8 Å². The molecule has 0 bridgehead atoms. The van der Waals surface area contributed by atoms with Gasteiger partial charge in [-0.1, -0.05) is 13.8 Å². The highest BCUT2D eigenvalue weighted by Crippen LogP contribution is 2.31. The van der Waals surface area contributed by atoms with E-state index in [2.05, 4.69) is 11.8 Å². The first kappa shape index (κ1) is 13.5. The molecular formula is C13H16O2. The lowest BCUT2D eigenvalue weighted by molar-refractivity contribution is -0.140. The van der Waals surface area contributed by atoms with Crippen molar-refractivity contribution < 1.29 is 9.59 Å². The normalized spacial score (nSPS) is 10.1. The van der Waals surface area contributed by atoms with Crippen molar-refractivity contribution >= 4 is 11.6 Å². The minimum absolute atomic E-state index is 0.108. The molecular weight excluding hydrogens is 188 g/mol. The van der Waals surface area contributed by atoms with Crippen molar-refractivity contribution in [1.82, 2.24) is 0 Å². The number of terminal acetylenes is 2. The summed E-state index contributed by atoms with van der Waals surface area (Å²) in [6.45, 7) is 3.43. The maximum absolute atomic E-state index is 11.8. The molecule has 0 unspecified atom stereocenters. The van der Waals surface area contributed by atoms with Crippen LogP contribution in [-0.2, 0) is 9.59 Å². The summed E-state index contributed by atoms with van der Waals surface area (Å²) in [5, 5.41) is 0. The summed E-state index contributed by atoms with van der Waals surface area (Å²) in [5.74, 6) is 4.48. The molecule has 2 heteroatoms. The summed E-state index contributed by atoms with van der Waals surface area (Å²) in [7, 11) is 0. The Morgan fingerprint density at radius 2 is 1.33 bits per heavy atom. The number of Topliss-reactive ketones (excluding diaryl/α,β-unsaturated/α-hetero) is 2. The van der Waals surface area contributed by atoms with Crippen LogP contribution in [0, 0.1) is 30.1 Å². The molecule has 0 spiro atoms. The molecule has 0 atom stereocenters. The molecule has 0 radical (unpaired) electrons. The van der Waals surface area contributed by atoms with Crippen LogP contribution in [0.25, 0.3) is 0 Å². The summed E-state index contributed by atoms with van der Waals surface area (Å²) in [6, 6.07) is 0. The van der Waals surface area contributed by atoms with E-state index in [-0.39, 0.29) is 37.2 Å². The molecule has 80 valence electrons. The SMILES string of the molecule is C#CCC(CC#C)(C(=O)CC)C(=O)CC. The van der Waals surface area contributed by atoms with E-state index in [1.54, 1.807) is 13.8 Å². The Labute approximate surface area is 91.4 Å². The first-order valence-electron chi connectivity index (χ1n) is 5.02. The third-order valence-electron chi connectivity index (χ3n) is 2.52. The van der Waals surface area contributed by atoms with Crippen LogP contribution < -0.4 is 0 Å². The van der Waals surface area contributed by atoms with E-state index < -0.39 is 5.41 Å². The van der Waals surface area contributed by atoms with Gasteiger partial charge in [-0.15, -0.1) is 24.7 Å². The van der Waals surface area contributed by atoms with E-state index in [0.717, 1.165) is 0 Å². The summed E-state index contributed by atoms with van der Waals surface area (Å²) in [4.78, 5) is 23.6. The van der Waals surface area contributed by atoms with E-state index in [0.29, 0.717) is 0 Å². The van der Waals surface area contributed by atoms with E-state index >= 15 is 0 Å². The van der Waals surface area contributed by atoms with Crippen LogP contribution in [0.3, 0.4) is 0 Å². The zero-order chi connectivity index (χ0) is 11.9. The van der Waals surface area contributed by atoms with Crippen LogP contribution in [0.4, 0.5) is 0 Å². The number of carbonyl (C=O) groups is 2. The second-order valence-electron chi connectivity index (χ2n) is 3.40. The molecule has 0 heterocycles. The smallest absolute Gasteiger partial charge is 0.148 e. The second-order valence-corrected chi connectivity index (χ2v) is 3.40. The highest BCUT2D eigenvalue weighted by Gasteiger charge is 2.41. The van der Waals surface area contributed by atoms with Crippen LogP contribution in [-0.4, -0.2) is 11.6 Å². The van der Waals surface area contributed by atoms with Crippen molar-refractivity contribution in [1.29, 1.82) is 0 Å². The fraction of sp³-hybridized carbons (Fsp3) is 0.538. The molecule has 15 heavy (non-hydrogen) atoms. The number of rotatable bonds is 6. The Morgan fingerprint density at radius 3 is 1.53 bits per heavy atom. The monoisotopic (exact) mass is 204 g/mol. The maximum Gasteiger partial charge on any atom is 0.148 e. The van der Waals surface area contributed by atoms with Crippen molar-refractivity contribution in [2.75, 3.05) is 0 Å². The van der Waals surface area contributed by atoms with E-state index in [1.807, 2.05) is 0 Å². The van der Waals surface area contributed by atoms with Gasteiger partial charge >= 0.3 is 0 Å². The lowest BCUT2D eigenvalue weighted by Crippen LogP contribution is -2.38. The zero-order valence-electron chi connectivity index (χ0n) is 9.30. The predicted octanol–water partition coefficient (Wildman–Crippen LogP) is 1.98. The second kappa shape index (κ2) is 6.04. The molecule has 0 saturated heterocycles. The fourth-order valence-electron chi connectivity index (χ4n) is 1.64. The molecule has 0 aromatic rings. The largest absolute Gasteiger partial charge is 0.299 e. The van der Waals surface area contributed by atoms with Gasteiger partial charge in [-0.25, -0.2) is 0 Å². The Balaban J connectivity index is 5.28. The van der Waals surface area contributed by atoms with Crippen molar-refractivity contribution in [3.8, 4) is 24.7 Å². The van der Waals surface area contributed by atoms with Gasteiger partial charge < -0.3 is 0 Å². The molecule has 0 aliphatic rings. The summed E-state index contributed by atoms with van der Waals surface area (Å²) >= 11 is 0. The van der Waals surface area contributed by atoms with Gasteiger partial charge in [0.25, 0.3) is 0 Å². The Kier molecular flexibility index (Phi) is 5.42. The molecule has 0 fully saturated rings. The van der Waals surface area contributed by atoms with Crippen LogP contribution in [0.2, 0.25) is 0 Å². The van der Waals surface area contributed by atoms with E-state index in [1.165, 1.54) is 0 Å². The number of ketones is 2. The van der Waals surface area contributed by atoms with Gasteiger partial charge in [0.05, 0.1) is 0 Å². The van der Waals surface area contributed by atoms with Crippen LogP contribution in [0.1, 0.15) is 39.5 Å². The predicted molar refractivity (Wildman–Crippen MR) is 59.9 cm³/mol. The zero-order valence-corrected chi connectivity index (χ0v) is 9.30. The van der Waals surface area contributed by atoms with Gasteiger partial charge in [-0.2, -0.15) is 0 Å². The van der Waals surface area contributed by atoms with Crippen LogP contribution >= 0.6 is 0 Å².